The van der Waals surface area contributed by atoms with Crippen molar-refractivity contribution in [2.45, 2.75) is 0 Å². The summed E-state index contributed by atoms with van der Waals surface area (Å²) in [6.07, 6.45) is 0. The first-order valence-electron chi connectivity index (χ1n) is 0.507. The summed E-state index contributed by atoms with van der Waals surface area (Å²) in [6, 6.07) is 0. The molecule has 0 N–H and O–H groups in total. The monoisotopic (exact) mass is 233 g/mol. The summed E-state index contributed by atoms with van der Waals surface area (Å²) in [6.45, 7) is 0. The van der Waals surface area contributed by atoms with E-state index in [1.807, 2.05) is 0 Å². The average Bonchev–Trinajstić information content (AvgIpc) is 0.811. The quantitative estimate of drug-likeness (QED) is 0.566. The van der Waals surface area contributed by atoms with Crippen molar-refractivity contribution in [3.05, 3.63) is 0 Å². The Balaban J connectivity index is 0. The third-order valence-corrected chi connectivity index (χ3v) is 0. The second kappa shape index (κ2) is 5.95. The van der Waals surface area contributed by atoms with Crippen LogP contribution in [0.5, 0.6) is 0 Å². The first kappa shape index (κ1) is 10.0. The molecule has 0 aliphatic rings. The summed E-state index contributed by atoms with van der Waals surface area (Å²) in [5.41, 5.74) is 0. The van der Waals surface area contributed by atoms with E-state index in [2.05, 4.69) is 0 Å². The van der Waals surface area contributed by atoms with Crippen molar-refractivity contribution in [2.75, 3.05) is 0 Å². The van der Waals surface area contributed by atoms with Gasteiger partial charge < -0.3 is 0 Å². The molecule has 0 nitrogen and oxygen atoms in total. The molecule has 0 aromatic heterocycles. The maximum atomic E-state index is 4.87. The van der Waals surface area contributed by atoms with Crippen LogP contribution in [0.25, 0.3) is 0 Å². The summed E-state index contributed by atoms with van der Waals surface area (Å²) >= 11 is 14.6. The normalized spacial score (nSPS) is 7.20. The molecule has 0 saturated heterocycles. The average molecular weight is 235 g/mol. The first-order chi connectivity index (χ1) is 1.73. The van der Waals surface area contributed by atoms with Gasteiger partial charge in [-0.3, -0.25) is 0 Å². The van der Waals surface area contributed by atoms with E-state index in [9.17, 15) is 0 Å². The van der Waals surface area contributed by atoms with Crippen LogP contribution in [0.1, 0.15) is 0 Å². The Hall–Kier alpha value is 1.95. The van der Waals surface area contributed by atoms with Crippen molar-refractivity contribution in [1.29, 1.82) is 0 Å². The molecule has 0 unspecified atom stereocenters. The van der Waals surface area contributed by atoms with E-state index in [0.29, 0.717) is 0 Å². The number of hydrogen-bond donors (Lipinski definition) is 0. The van der Waals surface area contributed by atoms with Crippen LogP contribution >= 0.6 is 39.7 Å². The molecule has 0 spiro atoms. The van der Waals surface area contributed by atoms with Gasteiger partial charge >= 0.3 is 0 Å². The van der Waals surface area contributed by atoms with Crippen LogP contribution in [0.2, 0.25) is 0 Å². The molecule has 0 atom stereocenters. The van der Waals surface area contributed by atoms with Gasteiger partial charge in [0.05, 0.1) is 0 Å². The minimum atomic E-state index is -1.20. The van der Waals surface area contributed by atoms with Crippen LogP contribution in [0.4, 0.5) is 0 Å². The molecule has 0 heterocycles. The van der Waals surface area contributed by atoms with Crippen LogP contribution in [0.15, 0.2) is 0 Å². The zero-order valence-electron chi connectivity index (χ0n) is 1.96. The van der Waals surface area contributed by atoms with Gasteiger partial charge in [-0.2, -0.15) is 0 Å². The maximum absolute atomic E-state index is 4.87. The summed E-state index contributed by atoms with van der Waals surface area (Å²) in [5.74, 6) is -1.20. The predicted molar refractivity (Wildman–Crippen MR) is 24.5 cm³/mol. The Labute approximate surface area is 59.6 Å². The zero-order valence-corrected chi connectivity index (χ0v) is 6.98. The minimum absolute atomic E-state index is 0. The van der Waals surface area contributed by atoms with Crippen LogP contribution in [-0.2, 0) is 20.1 Å². The molecule has 0 fully saturated rings. The van der Waals surface area contributed by atoms with E-state index in [-0.39, 0.29) is 20.1 Å². The molecule has 0 aromatic carbocycles. The minimum Gasteiger partial charge on any atom is -0.0596 e. The van der Waals surface area contributed by atoms with E-state index in [1.54, 1.807) is 0 Å². The largest absolute Gasteiger partial charge is 0.179 e. The van der Waals surface area contributed by atoms with Gasteiger partial charge in [-0.15, -0.1) is 0 Å². The Morgan fingerprint density at radius 3 is 1.00 bits per heavy atom. The molecule has 0 amide bonds. The van der Waals surface area contributed by atoms with Crippen LogP contribution < -0.4 is 0 Å². The predicted octanol–water partition coefficient (Wildman–Crippen LogP) is 2.93. The van der Waals surface area contributed by atoms with Gasteiger partial charge in [-0.05, 0) is 0 Å². The molecular formula is Cl3PTc. The van der Waals surface area contributed by atoms with E-state index in [1.165, 1.54) is 0 Å². The molecule has 0 bridgehead atoms. The summed E-state index contributed by atoms with van der Waals surface area (Å²) in [7, 11) is 0. The fourth-order valence-electron chi connectivity index (χ4n) is 0. The van der Waals surface area contributed by atoms with Gasteiger partial charge in [0.2, 0.25) is 0 Å². The van der Waals surface area contributed by atoms with Crippen LogP contribution in [0, 0.1) is 0 Å². The van der Waals surface area contributed by atoms with E-state index >= 15 is 0 Å². The fourth-order valence-corrected chi connectivity index (χ4v) is 0. The molecule has 0 aromatic rings. The number of rotatable bonds is 0. The Morgan fingerprint density at radius 1 is 1.00 bits per heavy atom. The Morgan fingerprint density at radius 2 is 1.00 bits per heavy atom. The summed E-state index contributed by atoms with van der Waals surface area (Å²) in [4.78, 5) is 0. The smallest absolute Gasteiger partial charge is 0.0596 e. The molecule has 1 radical (unpaired) electrons. The maximum Gasteiger partial charge on any atom is 0.179 e. The van der Waals surface area contributed by atoms with Crippen LogP contribution in [0.3, 0.4) is 0 Å². The molecule has 5 heteroatoms. The van der Waals surface area contributed by atoms with Crippen LogP contribution in [-0.4, -0.2) is 0 Å². The molecule has 5 heavy (non-hydrogen) atoms. The first-order valence-corrected chi connectivity index (χ1v) is 4.56. The van der Waals surface area contributed by atoms with Gasteiger partial charge in [-0.25, -0.2) is 0 Å². The molecule has 0 aliphatic heterocycles. The summed E-state index contributed by atoms with van der Waals surface area (Å²) in [5, 5.41) is 0. The van der Waals surface area contributed by atoms with Crippen molar-refractivity contribution in [3.8, 4) is 0 Å². The van der Waals surface area contributed by atoms with Gasteiger partial charge in [0, 0.05) is 20.1 Å². The Kier molecular flexibility index (Phi) is 11.9. The topological polar surface area (TPSA) is 0 Å². The Bertz CT molecular complexity index is 11.6. The zero-order chi connectivity index (χ0) is 3.58. The second-order valence-corrected chi connectivity index (χ2v) is 5.17. The van der Waals surface area contributed by atoms with Crippen molar-refractivity contribution in [2.24, 2.45) is 0 Å². The molecule has 0 rings (SSSR count). The standard InChI is InChI=1S/Cl3P.Tc/c1-4(2)3;. The molecule has 0 saturated carbocycles. The van der Waals surface area contributed by atoms with E-state index in [0.717, 1.165) is 0 Å². The number of hydrogen-bond acceptors (Lipinski definition) is 0. The van der Waals surface area contributed by atoms with E-state index in [4.69, 9.17) is 33.7 Å². The van der Waals surface area contributed by atoms with Crippen molar-refractivity contribution < 1.29 is 20.1 Å². The SMILES string of the molecule is ClP(Cl)Cl.[Tc]. The van der Waals surface area contributed by atoms with E-state index < -0.39 is 5.98 Å². The molecule has 33 valence electrons. The van der Waals surface area contributed by atoms with Crippen molar-refractivity contribution >= 4 is 39.7 Å². The molecular weight excluding hydrogens is 235 g/mol. The van der Waals surface area contributed by atoms with Gasteiger partial charge in [0.25, 0.3) is 0 Å². The molecule has 0 aliphatic carbocycles. The van der Waals surface area contributed by atoms with Crippen molar-refractivity contribution in [1.82, 2.24) is 0 Å². The third kappa shape index (κ3) is 24.4. The number of halogens is 3. The summed E-state index contributed by atoms with van der Waals surface area (Å²) < 4.78 is 0. The van der Waals surface area contributed by atoms with Gasteiger partial charge in [0.1, 0.15) is 0 Å². The van der Waals surface area contributed by atoms with Gasteiger partial charge in [0.15, 0.2) is 5.98 Å². The second-order valence-electron chi connectivity index (χ2n) is 0.192. The fraction of sp³-hybridized carbons (Fsp3) is 0. The van der Waals surface area contributed by atoms with Gasteiger partial charge in [-0.1, -0.05) is 33.7 Å². The van der Waals surface area contributed by atoms with Crippen molar-refractivity contribution in [3.63, 3.8) is 0 Å². The third-order valence-electron chi connectivity index (χ3n) is 0.